The standard InChI is InChI=1S/C45H47N3O/c1-2-11-31(12-3-1)43-46-44(34-23-18-28-10-4-5-13-32(28)26-34)48-45(47-43)36-15-7-6-14-35(36)33-22-20-29-19-21-30-24-25-40-42(41(30)38(29)27-33)37-16-8-9-17-39(37)49-40/h1-2,4,6-7,10-11,14-15,18-25,29,33-36,38,43,45,47H,3,5,8-9,12-13,16-17,26-27H2,(H,46,48). The van der Waals surface area contributed by atoms with E-state index in [1.807, 2.05) is 0 Å². The Bertz CT molecular complexity index is 1990. The lowest BCUT2D eigenvalue weighted by Gasteiger charge is -2.44. The van der Waals surface area contributed by atoms with Crippen molar-refractivity contribution >= 4 is 22.9 Å². The summed E-state index contributed by atoms with van der Waals surface area (Å²) >= 11 is 0. The predicted molar refractivity (Wildman–Crippen MR) is 201 cm³/mol. The first kappa shape index (κ1) is 29.7. The Balaban J connectivity index is 0.965. The van der Waals surface area contributed by atoms with Crippen molar-refractivity contribution in [2.24, 2.45) is 34.6 Å². The maximum atomic E-state index is 6.52. The molecular weight excluding hydrogens is 599 g/mol. The molecule has 8 aliphatic rings. The van der Waals surface area contributed by atoms with Crippen LogP contribution in [0.4, 0.5) is 0 Å². The number of nitrogens with one attached hydrogen (secondary N) is 2. The number of hydrogen-bond donors (Lipinski definition) is 2. The van der Waals surface area contributed by atoms with Crippen LogP contribution in [0.1, 0.15) is 79.7 Å². The molecule has 4 heteroatoms. The third-order valence-corrected chi connectivity index (χ3v) is 12.7. The molecule has 4 nitrogen and oxygen atoms in total. The molecule has 8 unspecified atom stereocenters. The van der Waals surface area contributed by atoms with Gasteiger partial charge in [-0.3, -0.25) is 5.32 Å². The fraction of sp³-hybridized carbons (Fsp3) is 0.400. The lowest BCUT2D eigenvalue weighted by atomic mass is 9.65. The number of furan rings is 1. The van der Waals surface area contributed by atoms with Crippen molar-refractivity contribution in [2.45, 2.75) is 82.5 Å². The van der Waals surface area contributed by atoms with Crippen LogP contribution in [0, 0.1) is 29.6 Å². The van der Waals surface area contributed by atoms with Gasteiger partial charge in [0.1, 0.15) is 23.3 Å². The summed E-state index contributed by atoms with van der Waals surface area (Å²) in [5, 5.41) is 9.50. The summed E-state index contributed by atoms with van der Waals surface area (Å²) in [6.45, 7) is 0. The Labute approximate surface area is 290 Å². The SMILES string of the molecule is C1=CCCC(C2N=C(C3C=CC4=C(CCC=C4)C3)NC(C3C=CC=CC3C3C=CC4C=Cc5ccc6oc7c(c6c5C4C3)CCCC7)N2)=C1. The maximum absolute atomic E-state index is 6.52. The molecule has 8 atom stereocenters. The van der Waals surface area contributed by atoms with Crippen molar-refractivity contribution in [3.8, 4) is 0 Å². The number of aliphatic imine (C=N–C) groups is 1. The third-order valence-electron chi connectivity index (χ3n) is 12.7. The summed E-state index contributed by atoms with van der Waals surface area (Å²) in [5.74, 6) is 4.75. The van der Waals surface area contributed by atoms with Crippen LogP contribution in [0.15, 0.2) is 123 Å². The van der Waals surface area contributed by atoms with Gasteiger partial charge in [-0.1, -0.05) is 103 Å². The molecule has 0 amide bonds. The zero-order valence-electron chi connectivity index (χ0n) is 28.4. The molecule has 0 radical (unpaired) electrons. The molecule has 2 heterocycles. The highest BCUT2D eigenvalue weighted by atomic mass is 16.3. The van der Waals surface area contributed by atoms with Crippen molar-refractivity contribution in [2.75, 3.05) is 0 Å². The molecule has 248 valence electrons. The zero-order chi connectivity index (χ0) is 32.3. The second kappa shape index (κ2) is 12.3. The van der Waals surface area contributed by atoms with Crippen molar-refractivity contribution in [3.63, 3.8) is 0 Å². The van der Waals surface area contributed by atoms with E-state index in [2.05, 4.69) is 114 Å². The number of benzene rings is 1. The van der Waals surface area contributed by atoms with E-state index in [0.717, 1.165) is 56.4 Å². The monoisotopic (exact) mass is 645 g/mol. The van der Waals surface area contributed by atoms with Gasteiger partial charge in [-0.15, -0.1) is 0 Å². The van der Waals surface area contributed by atoms with Gasteiger partial charge in [0.15, 0.2) is 0 Å². The van der Waals surface area contributed by atoms with E-state index in [0.29, 0.717) is 35.5 Å². The number of rotatable bonds is 4. The van der Waals surface area contributed by atoms with Gasteiger partial charge in [0.05, 0.1) is 6.17 Å². The Morgan fingerprint density at radius 2 is 1.71 bits per heavy atom. The minimum atomic E-state index is 0.00312. The molecule has 1 aromatic heterocycles. The van der Waals surface area contributed by atoms with Gasteiger partial charge in [-0.05, 0) is 104 Å². The number of aryl methyl sites for hydroxylation is 2. The minimum absolute atomic E-state index is 0.00312. The first-order valence-electron chi connectivity index (χ1n) is 19.1. The van der Waals surface area contributed by atoms with Gasteiger partial charge in [-0.25, -0.2) is 4.99 Å². The summed E-state index contributed by atoms with van der Waals surface area (Å²) in [7, 11) is 0. The first-order valence-corrected chi connectivity index (χ1v) is 19.1. The van der Waals surface area contributed by atoms with Gasteiger partial charge in [-0.2, -0.15) is 0 Å². The Hall–Kier alpha value is -4.15. The maximum Gasteiger partial charge on any atom is 0.134 e. The van der Waals surface area contributed by atoms with Crippen molar-refractivity contribution in [1.82, 2.24) is 10.6 Å². The highest BCUT2D eigenvalue weighted by Gasteiger charge is 2.41. The highest BCUT2D eigenvalue weighted by Crippen LogP contribution is 2.50. The molecule has 0 fully saturated rings. The van der Waals surface area contributed by atoms with E-state index in [-0.39, 0.29) is 12.3 Å². The average Bonchev–Trinajstić information content (AvgIpc) is 3.56. The van der Waals surface area contributed by atoms with E-state index in [9.17, 15) is 0 Å². The average molecular weight is 646 g/mol. The molecule has 0 saturated heterocycles. The van der Waals surface area contributed by atoms with Crippen LogP contribution >= 0.6 is 0 Å². The third kappa shape index (κ3) is 5.26. The smallest absolute Gasteiger partial charge is 0.134 e. The van der Waals surface area contributed by atoms with Crippen LogP contribution in [-0.4, -0.2) is 18.2 Å². The lowest BCUT2D eigenvalue weighted by Crippen LogP contribution is -2.60. The number of allylic oxidation sites excluding steroid dienone is 14. The molecule has 49 heavy (non-hydrogen) atoms. The second-order valence-corrected chi connectivity index (χ2v) is 15.5. The fourth-order valence-corrected chi connectivity index (χ4v) is 10.2. The van der Waals surface area contributed by atoms with Crippen LogP contribution in [0.2, 0.25) is 0 Å². The summed E-state index contributed by atoms with van der Waals surface area (Å²) < 4.78 is 6.52. The van der Waals surface area contributed by atoms with Crippen molar-refractivity contribution in [1.29, 1.82) is 0 Å². The van der Waals surface area contributed by atoms with Crippen LogP contribution in [0.5, 0.6) is 0 Å². The summed E-state index contributed by atoms with van der Waals surface area (Å²) in [6.07, 6.45) is 47.2. The molecule has 7 aliphatic carbocycles. The molecule has 2 N–H and O–H groups in total. The second-order valence-electron chi connectivity index (χ2n) is 15.5. The molecule has 0 bridgehead atoms. The molecule has 10 rings (SSSR count). The van der Waals surface area contributed by atoms with Crippen molar-refractivity contribution in [3.05, 3.63) is 136 Å². The minimum Gasteiger partial charge on any atom is -0.461 e. The van der Waals surface area contributed by atoms with Crippen molar-refractivity contribution < 1.29 is 4.42 Å². The lowest BCUT2D eigenvalue weighted by molar-refractivity contribution is 0.232. The quantitative estimate of drug-likeness (QED) is 0.326. The zero-order valence-corrected chi connectivity index (χ0v) is 28.4. The molecule has 0 saturated carbocycles. The van der Waals surface area contributed by atoms with Gasteiger partial charge in [0, 0.05) is 35.1 Å². The highest BCUT2D eigenvalue weighted by molar-refractivity contribution is 5.91. The first-order chi connectivity index (χ1) is 24.3. The van der Waals surface area contributed by atoms with Crippen LogP contribution in [-0.2, 0) is 12.8 Å². The molecule has 1 aromatic carbocycles. The van der Waals surface area contributed by atoms with E-state index in [1.54, 1.807) is 11.1 Å². The Morgan fingerprint density at radius 3 is 2.65 bits per heavy atom. The predicted octanol–water partition coefficient (Wildman–Crippen LogP) is 9.72. The molecule has 0 spiro atoms. The number of fused-ring (bicyclic) bond motifs is 7. The fourth-order valence-electron chi connectivity index (χ4n) is 10.2. The van der Waals surface area contributed by atoms with Gasteiger partial charge in [0.2, 0.25) is 0 Å². The van der Waals surface area contributed by atoms with Gasteiger partial charge >= 0.3 is 0 Å². The van der Waals surface area contributed by atoms with E-state index in [1.165, 1.54) is 52.7 Å². The normalized spacial score (nSPS) is 34.2. The van der Waals surface area contributed by atoms with Gasteiger partial charge in [0.25, 0.3) is 0 Å². The summed E-state index contributed by atoms with van der Waals surface area (Å²) in [6, 6.07) is 4.54. The van der Waals surface area contributed by atoms with Gasteiger partial charge < -0.3 is 9.73 Å². The molecular formula is C45H47N3O. The Morgan fingerprint density at radius 1 is 0.796 bits per heavy atom. The summed E-state index contributed by atoms with van der Waals surface area (Å²) in [5.41, 5.74) is 9.95. The molecule has 2 aromatic rings. The van der Waals surface area contributed by atoms with Crippen LogP contribution < -0.4 is 10.6 Å². The van der Waals surface area contributed by atoms with Crippen LogP contribution in [0.3, 0.4) is 0 Å². The Kier molecular flexibility index (Phi) is 7.48. The molecule has 1 aliphatic heterocycles. The number of amidine groups is 1. The number of hydrogen-bond acceptors (Lipinski definition) is 4. The topological polar surface area (TPSA) is 49.6 Å². The largest absolute Gasteiger partial charge is 0.461 e. The number of nitrogens with zero attached hydrogens (tertiary/aromatic N) is 1. The van der Waals surface area contributed by atoms with E-state index >= 15 is 0 Å². The van der Waals surface area contributed by atoms with E-state index < -0.39 is 0 Å². The van der Waals surface area contributed by atoms with E-state index in [4.69, 9.17) is 9.41 Å². The van der Waals surface area contributed by atoms with Crippen LogP contribution in [0.25, 0.3) is 17.0 Å². The summed E-state index contributed by atoms with van der Waals surface area (Å²) in [4.78, 5) is 5.42.